The van der Waals surface area contributed by atoms with Crippen molar-refractivity contribution in [2.45, 2.75) is 40.5 Å². The van der Waals surface area contributed by atoms with Crippen molar-refractivity contribution in [1.82, 2.24) is 10.6 Å². The lowest BCUT2D eigenvalue weighted by Gasteiger charge is -2.26. The number of rotatable bonds is 2. The molecule has 0 aromatic carbocycles. The number of dihydropyridines is 1. The van der Waals surface area contributed by atoms with Crippen molar-refractivity contribution in [1.29, 1.82) is 0 Å². The van der Waals surface area contributed by atoms with E-state index in [2.05, 4.69) is 36.3 Å². The van der Waals surface area contributed by atoms with Crippen molar-refractivity contribution >= 4 is 0 Å². The third-order valence-corrected chi connectivity index (χ3v) is 2.76. The minimum atomic E-state index is 0.934. The van der Waals surface area contributed by atoms with Crippen LogP contribution in [-0.4, -0.2) is 6.54 Å². The molecule has 0 atom stereocenters. The van der Waals surface area contributed by atoms with Crippen molar-refractivity contribution in [3.63, 3.8) is 0 Å². The van der Waals surface area contributed by atoms with Crippen LogP contribution in [0.25, 0.3) is 0 Å². The highest BCUT2D eigenvalue weighted by molar-refractivity contribution is 5.47. The van der Waals surface area contributed by atoms with Gasteiger partial charge >= 0.3 is 0 Å². The van der Waals surface area contributed by atoms with Crippen LogP contribution < -0.4 is 10.6 Å². The maximum Gasteiger partial charge on any atom is 0.0420 e. The SMILES string of the molecule is C=C(C)NC1=CCCC2=C1CNC(C)=C2.CC. The molecule has 2 aliphatic rings. The molecule has 0 saturated heterocycles. The van der Waals surface area contributed by atoms with Gasteiger partial charge in [0.15, 0.2) is 0 Å². The molecule has 0 amide bonds. The van der Waals surface area contributed by atoms with Gasteiger partial charge in [0.25, 0.3) is 0 Å². The molecule has 0 spiro atoms. The van der Waals surface area contributed by atoms with Crippen LogP contribution in [0, 0.1) is 0 Å². The zero-order chi connectivity index (χ0) is 12.8. The summed E-state index contributed by atoms with van der Waals surface area (Å²) >= 11 is 0. The van der Waals surface area contributed by atoms with E-state index in [1.165, 1.54) is 22.5 Å². The van der Waals surface area contributed by atoms with Crippen LogP contribution >= 0.6 is 0 Å². The summed E-state index contributed by atoms with van der Waals surface area (Å²) in [7, 11) is 0. The third kappa shape index (κ3) is 3.52. The van der Waals surface area contributed by atoms with Crippen LogP contribution in [-0.2, 0) is 0 Å². The molecule has 0 fully saturated rings. The van der Waals surface area contributed by atoms with Gasteiger partial charge in [-0.1, -0.05) is 26.5 Å². The topological polar surface area (TPSA) is 24.1 Å². The Kier molecular flexibility index (Phi) is 5.08. The van der Waals surface area contributed by atoms with E-state index in [0.29, 0.717) is 0 Å². The van der Waals surface area contributed by atoms with Crippen molar-refractivity contribution in [3.05, 3.63) is 47.0 Å². The van der Waals surface area contributed by atoms with Crippen molar-refractivity contribution in [3.8, 4) is 0 Å². The molecule has 0 unspecified atom stereocenters. The Labute approximate surface area is 105 Å². The first-order chi connectivity index (χ1) is 8.16. The summed E-state index contributed by atoms with van der Waals surface area (Å²) < 4.78 is 0. The average molecular weight is 232 g/mol. The molecule has 1 heterocycles. The van der Waals surface area contributed by atoms with Crippen LogP contribution in [0.5, 0.6) is 0 Å². The summed E-state index contributed by atoms with van der Waals surface area (Å²) in [5, 5.41) is 6.71. The van der Waals surface area contributed by atoms with Gasteiger partial charge in [-0.25, -0.2) is 0 Å². The summed E-state index contributed by atoms with van der Waals surface area (Å²) in [6, 6.07) is 0. The summed E-state index contributed by atoms with van der Waals surface area (Å²) in [4.78, 5) is 0. The van der Waals surface area contributed by atoms with E-state index in [-0.39, 0.29) is 0 Å². The molecule has 0 bridgehead atoms. The molecule has 0 aromatic rings. The molecule has 2 rings (SSSR count). The van der Waals surface area contributed by atoms with Crippen LogP contribution in [0.3, 0.4) is 0 Å². The zero-order valence-corrected chi connectivity index (χ0v) is 11.5. The molecule has 0 aromatic heterocycles. The van der Waals surface area contributed by atoms with Crippen molar-refractivity contribution in [2.75, 3.05) is 6.54 Å². The average Bonchev–Trinajstić information content (AvgIpc) is 2.31. The molecule has 1 aliphatic carbocycles. The second-order valence-corrected chi connectivity index (χ2v) is 4.25. The fourth-order valence-electron chi connectivity index (χ4n) is 2.08. The van der Waals surface area contributed by atoms with Gasteiger partial charge in [0.2, 0.25) is 0 Å². The lowest BCUT2D eigenvalue weighted by molar-refractivity contribution is 0.777. The highest BCUT2D eigenvalue weighted by atomic mass is 14.9. The van der Waals surface area contributed by atoms with Crippen LogP contribution in [0.1, 0.15) is 40.5 Å². The summed E-state index contributed by atoms with van der Waals surface area (Å²) in [5.41, 5.74) is 6.37. The first kappa shape index (κ1) is 13.6. The summed E-state index contributed by atoms with van der Waals surface area (Å²) in [6.45, 7) is 12.9. The molecular weight excluding hydrogens is 208 g/mol. The standard InChI is InChI=1S/C13H18N2.C2H6/c1-9(2)15-13-6-4-5-11-7-10(3)14-8-12(11)13;1-2/h6-7,14-15H,1,4-5,8H2,2-3H3;1-2H3. The molecule has 0 saturated carbocycles. The van der Waals surface area contributed by atoms with E-state index in [4.69, 9.17) is 0 Å². The van der Waals surface area contributed by atoms with Gasteiger partial charge in [0.1, 0.15) is 0 Å². The minimum absolute atomic E-state index is 0.934. The van der Waals surface area contributed by atoms with E-state index in [1.807, 2.05) is 20.8 Å². The Morgan fingerprint density at radius 3 is 2.76 bits per heavy atom. The first-order valence-corrected chi connectivity index (χ1v) is 6.44. The normalized spacial score (nSPS) is 17.9. The fraction of sp³-hybridized carbons (Fsp3) is 0.467. The van der Waals surface area contributed by atoms with Crippen LogP contribution in [0.2, 0.25) is 0 Å². The van der Waals surface area contributed by atoms with Gasteiger partial charge in [-0.3, -0.25) is 0 Å². The number of nitrogens with one attached hydrogen (secondary N) is 2. The molecule has 1 aliphatic heterocycles. The first-order valence-electron chi connectivity index (χ1n) is 6.44. The van der Waals surface area contributed by atoms with Crippen molar-refractivity contribution < 1.29 is 0 Å². The van der Waals surface area contributed by atoms with E-state index < -0.39 is 0 Å². The third-order valence-electron chi connectivity index (χ3n) is 2.76. The van der Waals surface area contributed by atoms with Gasteiger partial charge in [0, 0.05) is 23.6 Å². The highest BCUT2D eigenvalue weighted by Gasteiger charge is 2.17. The Bertz CT molecular complexity index is 384. The number of hydrogen-bond donors (Lipinski definition) is 2. The lowest BCUT2D eigenvalue weighted by Crippen LogP contribution is -2.26. The highest BCUT2D eigenvalue weighted by Crippen LogP contribution is 2.27. The smallest absolute Gasteiger partial charge is 0.0420 e. The second kappa shape index (κ2) is 6.33. The Balaban J connectivity index is 0.000000686. The molecule has 0 radical (unpaired) electrons. The van der Waals surface area contributed by atoms with Gasteiger partial charge in [-0.2, -0.15) is 0 Å². The lowest BCUT2D eigenvalue weighted by atomic mass is 9.92. The van der Waals surface area contributed by atoms with Gasteiger partial charge in [0.05, 0.1) is 0 Å². The monoisotopic (exact) mass is 232 g/mol. The minimum Gasteiger partial charge on any atom is -0.384 e. The van der Waals surface area contributed by atoms with E-state index >= 15 is 0 Å². The Hall–Kier alpha value is -1.44. The van der Waals surface area contributed by atoms with Crippen LogP contribution in [0.15, 0.2) is 47.0 Å². The van der Waals surface area contributed by atoms with Gasteiger partial charge < -0.3 is 10.6 Å². The van der Waals surface area contributed by atoms with Crippen molar-refractivity contribution in [2.24, 2.45) is 0 Å². The van der Waals surface area contributed by atoms with E-state index in [9.17, 15) is 0 Å². The Morgan fingerprint density at radius 2 is 2.12 bits per heavy atom. The predicted molar refractivity (Wildman–Crippen MR) is 75.4 cm³/mol. The maximum atomic E-state index is 3.89. The quantitative estimate of drug-likeness (QED) is 0.760. The number of hydrogen-bond acceptors (Lipinski definition) is 2. The summed E-state index contributed by atoms with van der Waals surface area (Å²) in [5.74, 6) is 0. The molecule has 17 heavy (non-hydrogen) atoms. The zero-order valence-electron chi connectivity index (χ0n) is 11.5. The van der Waals surface area contributed by atoms with Crippen LogP contribution in [0.4, 0.5) is 0 Å². The van der Waals surface area contributed by atoms with Gasteiger partial charge in [-0.05, 0) is 43.9 Å². The Morgan fingerprint density at radius 1 is 1.41 bits per heavy atom. The predicted octanol–water partition coefficient (Wildman–Crippen LogP) is 3.62. The molecule has 94 valence electrons. The number of allylic oxidation sites excluding steroid dienone is 5. The second-order valence-electron chi connectivity index (χ2n) is 4.25. The molecule has 2 nitrogen and oxygen atoms in total. The largest absolute Gasteiger partial charge is 0.384 e. The van der Waals surface area contributed by atoms with E-state index in [0.717, 1.165) is 25.1 Å². The molecule has 2 heteroatoms. The summed E-state index contributed by atoms with van der Waals surface area (Å²) in [6.07, 6.45) is 6.81. The molecular formula is C15H24N2. The van der Waals surface area contributed by atoms with Gasteiger partial charge in [-0.15, -0.1) is 0 Å². The van der Waals surface area contributed by atoms with E-state index in [1.54, 1.807) is 0 Å². The maximum absolute atomic E-state index is 3.89. The molecule has 2 N–H and O–H groups in total. The fourth-order valence-corrected chi connectivity index (χ4v) is 2.08.